The number of methoxy groups -OCH3 is 1. The highest BCUT2D eigenvalue weighted by Crippen LogP contribution is 2.44. The van der Waals surface area contributed by atoms with Crippen molar-refractivity contribution >= 4 is 35.8 Å². The van der Waals surface area contributed by atoms with Crippen LogP contribution in [0.3, 0.4) is 0 Å². The lowest BCUT2D eigenvalue weighted by Crippen LogP contribution is -2.52. The SMILES string of the molecule is COCCN1CCC(NC(=NCC(=O)N(C)C)NC2CC3CCC2C3)CC1.I. The molecule has 2 saturated carbocycles. The van der Waals surface area contributed by atoms with E-state index in [2.05, 4.69) is 20.5 Å². The van der Waals surface area contributed by atoms with Crippen LogP contribution in [0.5, 0.6) is 0 Å². The van der Waals surface area contributed by atoms with Crippen LogP contribution in [-0.4, -0.2) is 87.7 Å². The van der Waals surface area contributed by atoms with Crippen LogP contribution in [0, 0.1) is 11.8 Å². The lowest BCUT2D eigenvalue weighted by Gasteiger charge is -2.34. The maximum Gasteiger partial charge on any atom is 0.243 e. The normalized spacial score (nSPS) is 28.1. The van der Waals surface area contributed by atoms with Crippen LogP contribution < -0.4 is 10.6 Å². The number of amides is 1. The van der Waals surface area contributed by atoms with Gasteiger partial charge in [0.1, 0.15) is 6.54 Å². The van der Waals surface area contributed by atoms with E-state index >= 15 is 0 Å². The van der Waals surface area contributed by atoms with Gasteiger partial charge in [0.2, 0.25) is 5.91 Å². The van der Waals surface area contributed by atoms with E-state index in [9.17, 15) is 4.79 Å². The molecule has 2 bridgehead atoms. The van der Waals surface area contributed by atoms with E-state index in [1.54, 1.807) is 26.1 Å². The Balaban J connectivity index is 0.00000280. The molecule has 2 aliphatic carbocycles. The molecule has 0 aromatic heterocycles. The summed E-state index contributed by atoms with van der Waals surface area (Å²) in [6.07, 6.45) is 7.54. The number of ether oxygens (including phenoxy) is 1. The van der Waals surface area contributed by atoms with E-state index in [4.69, 9.17) is 4.74 Å². The first-order valence-corrected chi connectivity index (χ1v) is 10.5. The molecular formula is C20H38IN5O2. The molecule has 3 unspecified atom stereocenters. The lowest BCUT2D eigenvalue weighted by molar-refractivity contribution is -0.127. The zero-order valence-corrected chi connectivity index (χ0v) is 20.0. The number of nitrogens with one attached hydrogen (secondary N) is 2. The average molecular weight is 507 g/mol. The van der Waals surface area contributed by atoms with Crippen LogP contribution >= 0.6 is 24.0 Å². The van der Waals surface area contributed by atoms with E-state index in [1.807, 2.05) is 0 Å². The number of halogens is 1. The predicted octanol–water partition coefficient (Wildman–Crippen LogP) is 1.53. The van der Waals surface area contributed by atoms with Crippen molar-refractivity contribution in [1.82, 2.24) is 20.4 Å². The molecule has 0 radical (unpaired) electrons. The number of fused-ring (bicyclic) bond motifs is 2. The summed E-state index contributed by atoms with van der Waals surface area (Å²) in [6.45, 7) is 4.17. The number of likely N-dealkylation sites (N-methyl/N-ethyl adjacent to an activating group) is 1. The standard InChI is InChI=1S/C20H37N5O2.HI/c1-24(2)19(26)14-21-20(23-18-13-15-4-5-16(18)12-15)22-17-6-8-25(9-7-17)10-11-27-3;/h15-18H,4-14H2,1-3H3,(H2,21,22,23);1H. The smallest absolute Gasteiger partial charge is 0.243 e. The number of hydrogen-bond donors (Lipinski definition) is 2. The van der Waals surface area contributed by atoms with Crippen molar-refractivity contribution in [2.45, 2.75) is 50.6 Å². The first-order valence-electron chi connectivity index (χ1n) is 10.5. The minimum absolute atomic E-state index is 0. The van der Waals surface area contributed by atoms with Gasteiger partial charge in [0.05, 0.1) is 6.61 Å². The zero-order chi connectivity index (χ0) is 19.2. The Morgan fingerprint density at radius 1 is 1.14 bits per heavy atom. The molecule has 0 aromatic carbocycles. The molecule has 1 aliphatic heterocycles. The maximum atomic E-state index is 12.0. The van der Waals surface area contributed by atoms with Crippen molar-refractivity contribution in [2.75, 3.05) is 54.0 Å². The Morgan fingerprint density at radius 2 is 1.89 bits per heavy atom. The van der Waals surface area contributed by atoms with E-state index < -0.39 is 0 Å². The quantitative estimate of drug-likeness (QED) is 0.311. The summed E-state index contributed by atoms with van der Waals surface area (Å²) in [6, 6.07) is 0.939. The lowest BCUT2D eigenvalue weighted by atomic mass is 9.95. The molecule has 1 heterocycles. The van der Waals surface area contributed by atoms with Crippen molar-refractivity contribution < 1.29 is 9.53 Å². The summed E-state index contributed by atoms with van der Waals surface area (Å²) >= 11 is 0. The molecule has 28 heavy (non-hydrogen) atoms. The number of piperidine rings is 1. The summed E-state index contributed by atoms with van der Waals surface area (Å²) in [5, 5.41) is 7.29. The molecular weight excluding hydrogens is 469 g/mol. The van der Waals surface area contributed by atoms with Crippen LogP contribution in [0.4, 0.5) is 0 Å². The van der Waals surface area contributed by atoms with Gasteiger partial charge in [-0.25, -0.2) is 4.99 Å². The molecule has 3 fully saturated rings. The Bertz CT molecular complexity index is 523. The molecule has 0 aromatic rings. The largest absolute Gasteiger partial charge is 0.383 e. The van der Waals surface area contributed by atoms with E-state index in [0.717, 1.165) is 56.9 Å². The summed E-state index contributed by atoms with van der Waals surface area (Å²) in [5.74, 6) is 2.54. The Hall–Kier alpha value is -0.610. The van der Waals surface area contributed by atoms with Gasteiger partial charge in [-0.2, -0.15) is 0 Å². The van der Waals surface area contributed by atoms with E-state index in [0.29, 0.717) is 12.1 Å². The van der Waals surface area contributed by atoms with E-state index in [-0.39, 0.29) is 36.4 Å². The molecule has 1 saturated heterocycles. The third-order valence-corrected chi connectivity index (χ3v) is 6.47. The van der Waals surface area contributed by atoms with Gasteiger partial charge in [0, 0.05) is 52.9 Å². The van der Waals surface area contributed by atoms with E-state index in [1.165, 1.54) is 25.7 Å². The summed E-state index contributed by atoms with van der Waals surface area (Å²) < 4.78 is 5.19. The fourth-order valence-corrected chi connectivity index (χ4v) is 4.73. The van der Waals surface area contributed by atoms with Gasteiger partial charge in [0.15, 0.2) is 5.96 Å². The van der Waals surface area contributed by atoms with Gasteiger partial charge in [0.25, 0.3) is 0 Å². The topological polar surface area (TPSA) is 69.2 Å². The fourth-order valence-electron chi connectivity index (χ4n) is 4.73. The molecule has 2 N–H and O–H groups in total. The van der Waals surface area contributed by atoms with Crippen LogP contribution in [-0.2, 0) is 9.53 Å². The molecule has 8 heteroatoms. The first-order chi connectivity index (χ1) is 13.0. The van der Waals surface area contributed by atoms with Crippen LogP contribution in [0.1, 0.15) is 38.5 Å². The highest BCUT2D eigenvalue weighted by atomic mass is 127. The predicted molar refractivity (Wildman–Crippen MR) is 123 cm³/mol. The van der Waals surface area contributed by atoms with Gasteiger partial charge in [-0.05, 0) is 43.9 Å². The first kappa shape index (κ1) is 23.7. The Kier molecular flexibility index (Phi) is 9.76. The van der Waals surface area contributed by atoms with Crippen molar-refractivity contribution in [3.05, 3.63) is 0 Å². The van der Waals surface area contributed by atoms with Crippen molar-refractivity contribution in [3.63, 3.8) is 0 Å². The van der Waals surface area contributed by atoms with Crippen molar-refractivity contribution in [1.29, 1.82) is 0 Å². The second-order valence-corrected chi connectivity index (χ2v) is 8.63. The van der Waals surface area contributed by atoms with Gasteiger partial charge in [-0.3, -0.25) is 4.79 Å². The van der Waals surface area contributed by atoms with Gasteiger partial charge >= 0.3 is 0 Å². The minimum Gasteiger partial charge on any atom is -0.383 e. The van der Waals surface area contributed by atoms with Crippen molar-refractivity contribution in [3.8, 4) is 0 Å². The molecule has 3 atom stereocenters. The zero-order valence-electron chi connectivity index (χ0n) is 17.7. The second-order valence-electron chi connectivity index (χ2n) is 8.63. The molecule has 3 rings (SSSR count). The fraction of sp³-hybridized carbons (Fsp3) is 0.900. The van der Waals surface area contributed by atoms with Gasteiger partial charge < -0.3 is 25.2 Å². The van der Waals surface area contributed by atoms with Crippen LogP contribution in [0.15, 0.2) is 4.99 Å². The molecule has 7 nitrogen and oxygen atoms in total. The third-order valence-electron chi connectivity index (χ3n) is 6.47. The number of carbonyl (C=O) groups excluding carboxylic acids is 1. The molecule has 1 amide bonds. The number of guanidine groups is 1. The minimum atomic E-state index is 0. The second kappa shape index (κ2) is 11.5. The maximum absolute atomic E-state index is 12.0. The summed E-state index contributed by atoms with van der Waals surface area (Å²) in [4.78, 5) is 20.7. The van der Waals surface area contributed by atoms with Gasteiger partial charge in [-0.15, -0.1) is 24.0 Å². The average Bonchev–Trinajstić information content (AvgIpc) is 3.28. The molecule has 0 spiro atoms. The van der Waals surface area contributed by atoms with Crippen LogP contribution in [0.2, 0.25) is 0 Å². The molecule has 162 valence electrons. The van der Waals surface area contributed by atoms with Crippen molar-refractivity contribution in [2.24, 2.45) is 16.8 Å². The Labute approximate surface area is 187 Å². The highest BCUT2D eigenvalue weighted by molar-refractivity contribution is 14.0. The Morgan fingerprint density at radius 3 is 2.46 bits per heavy atom. The summed E-state index contributed by atoms with van der Waals surface area (Å²) in [5.41, 5.74) is 0. The summed E-state index contributed by atoms with van der Waals surface area (Å²) in [7, 11) is 5.32. The number of hydrogen-bond acceptors (Lipinski definition) is 4. The number of rotatable bonds is 7. The number of likely N-dealkylation sites (tertiary alicyclic amines) is 1. The molecule has 3 aliphatic rings. The van der Waals surface area contributed by atoms with Gasteiger partial charge in [-0.1, -0.05) is 6.42 Å². The van der Waals surface area contributed by atoms with Crippen LogP contribution in [0.25, 0.3) is 0 Å². The third kappa shape index (κ3) is 6.73. The number of carbonyl (C=O) groups is 1. The monoisotopic (exact) mass is 507 g/mol. The number of aliphatic imine (C=N–C) groups is 1. The number of nitrogens with zero attached hydrogens (tertiary/aromatic N) is 3. The highest BCUT2D eigenvalue weighted by Gasteiger charge is 2.40.